The van der Waals surface area contributed by atoms with Crippen LogP contribution in [0.2, 0.25) is 0 Å². The molecule has 0 fully saturated rings. The summed E-state index contributed by atoms with van der Waals surface area (Å²) in [5.41, 5.74) is 2.88. The standard InChI is InChI=1S/C18H21NO3/c1-15-7-5-6-10-17(15)19-11-12-21-13-14-22-18(20)16-8-3-2-4-9-16/h2-10,19H,11-14H2,1H3. The number of carbonyl (C=O) groups is 1. The highest BCUT2D eigenvalue weighted by molar-refractivity contribution is 5.89. The van der Waals surface area contributed by atoms with Crippen molar-refractivity contribution < 1.29 is 14.3 Å². The van der Waals surface area contributed by atoms with Crippen molar-refractivity contribution >= 4 is 11.7 Å². The van der Waals surface area contributed by atoms with Gasteiger partial charge in [-0.05, 0) is 30.7 Å². The Kier molecular flexibility index (Phi) is 6.45. The van der Waals surface area contributed by atoms with Crippen LogP contribution in [0.4, 0.5) is 5.69 Å². The van der Waals surface area contributed by atoms with Gasteiger partial charge >= 0.3 is 5.97 Å². The SMILES string of the molecule is Cc1ccccc1NCCOCCOC(=O)c1ccccc1. The van der Waals surface area contributed by atoms with Gasteiger partial charge < -0.3 is 14.8 Å². The number of hydrogen-bond donors (Lipinski definition) is 1. The largest absolute Gasteiger partial charge is 0.460 e. The van der Waals surface area contributed by atoms with Crippen molar-refractivity contribution in [1.82, 2.24) is 0 Å². The Balaban J connectivity index is 1.55. The molecular formula is C18H21NO3. The maximum Gasteiger partial charge on any atom is 0.338 e. The summed E-state index contributed by atoms with van der Waals surface area (Å²) in [5, 5.41) is 3.31. The molecule has 22 heavy (non-hydrogen) atoms. The maximum atomic E-state index is 11.7. The highest BCUT2D eigenvalue weighted by Crippen LogP contribution is 2.12. The average molecular weight is 299 g/mol. The summed E-state index contributed by atoms with van der Waals surface area (Å²) in [5.74, 6) is -0.317. The molecule has 0 amide bonds. The quantitative estimate of drug-likeness (QED) is 0.600. The first kappa shape index (κ1) is 16.0. The predicted molar refractivity (Wildman–Crippen MR) is 87.2 cm³/mol. The third kappa shape index (κ3) is 5.22. The number of nitrogens with one attached hydrogen (secondary N) is 1. The molecule has 0 atom stereocenters. The molecule has 0 bridgehead atoms. The lowest BCUT2D eigenvalue weighted by Gasteiger charge is -2.10. The second kappa shape index (κ2) is 8.85. The van der Waals surface area contributed by atoms with E-state index in [0.717, 1.165) is 12.2 Å². The van der Waals surface area contributed by atoms with Crippen molar-refractivity contribution in [3.63, 3.8) is 0 Å². The minimum atomic E-state index is -0.317. The van der Waals surface area contributed by atoms with Gasteiger partial charge in [-0.2, -0.15) is 0 Å². The van der Waals surface area contributed by atoms with Gasteiger partial charge in [-0.1, -0.05) is 36.4 Å². The molecule has 2 aromatic rings. The monoisotopic (exact) mass is 299 g/mol. The van der Waals surface area contributed by atoms with Crippen molar-refractivity contribution in [2.24, 2.45) is 0 Å². The third-order valence-electron chi connectivity index (χ3n) is 3.18. The molecular weight excluding hydrogens is 278 g/mol. The Morgan fingerprint density at radius 1 is 0.955 bits per heavy atom. The van der Waals surface area contributed by atoms with Crippen molar-refractivity contribution in [2.75, 3.05) is 31.7 Å². The van der Waals surface area contributed by atoms with Crippen molar-refractivity contribution in [3.8, 4) is 0 Å². The summed E-state index contributed by atoms with van der Waals surface area (Å²) < 4.78 is 10.6. The number of hydrogen-bond acceptors (Lipinski definition) is 4. The van der Waals surface area contributed by atoms with Crippen molar-refractivity contribution in [1.29, 1.82) is 0 Å². The summed E-state index contributed by atoms with van der Waals surface area (Å²) >= 11 is 0. The Morgan fingerprint density at radius 3 is 2.45 bits per heavy atom. The molecule has 0 heterocycles. The van der Waals surface area contributed by atoms with Crippen LogP contribution in [0, 0.1) is 6.92 Å². The van der Waals surface area contributed by atoms with E-state index in [4.69, 9.17) is 9.47 Å². The Labute approximate surface area is 131 Å². The first-order chi connectivity index (χ1) is 10.8. The van der Waals surface area contributed by atoms with Crippen molar-refractivity contribution in [2.45, 2.75) is 6.92 Å². The number of esters is 1. The fourth-order valence-corrected chi connectivity index (χ4v) is 1.98. The molecule has 0 aromatic heterocycles. The highest BCUT2D eigenvalue weighted by Gasteiger charge is 2.04. The van der Waals surface area contributed by atoms with E-state index >= 15 is 0 Å². The van der Waals surface area contributed by atoms with Crippen LogP contribution in [0.15, 0.2) is 54.6 Å². The van der Waals surface area contributed by atoms with Crippen LogP contribution in [0.25, 0.3) is 0 Å². The molecule has 0 spiro atoms. The minimum Gasteiger partial charge on any atom is -0.460 e. The van der Waals surface area contributed by atoms with Gasteiger partial charge in [-0.15, -0.1) is 0 Å². The molecule has 0 saturated carbocycles. The number of ether oxygens (including phenoxy) is 2. The lowest BCUT2D eigenvalue weighted by molar-refractivity contribution is 0.0331. The first-order valence-corrected chi connectivity index (χ1v) is 7.37. The lowest BCUT2D eigenvalue weighted by atomic mass is 10.2. The molecule has 0 aliphatic rings. The Hall–Kier alpha value is -2.33. The highest BCUT2D eigenvalue weighted by atomic mass is 16.6. The molecule has 0 aliphatic carbocycles. The van der Waals surface area contributed by atoms with Gasteiger partial charge in [0.2, 0.25) is 0 Å². The van der Waals surface area contributed by atoms with Gasteiger partial charge in [0.1, 0.15) is 6.61 Å². The fraction of sp³-hybridized carbons (Fsp3) is 0.278. The predicted octanol–water partition coefficient (Wildman–Crippen LogP) is 3.28. The van der Waals surface area contributed by atoms with Crippen LogP contribution in [0.3, 0.4) is 0 Å². The molecule has 0 saturated heterocycles. The second-order valence-corrected chi connectivity index (χ2v) is 4.86. The van der Waals surface area contributed by atoms with Crippen LogP contribution in [-0.2, 0) is 9.47 Å². The molecule has 0 radical (unpaired) electrons. The second-order valence-electron chi connectivity index (χ2n) is 4.86. The van der Waals surface area contributed by atoms with E-state index in [-0.39, 0.29) is 12.6 Å². The summed E-state index contributed by atoms with van der Waals surface area (Å²) in [6.07, 6.45) is 0. The third-order valence-corrected chi connectivity index (χ3v) is 3.18. The Bertz CT molecular complexity index is 584. The summed E-state index contributed by atoms with van der Waals surface area (Å²) in [7, 11) is 0. The van der Waals surface area contributed by atoms with Gasteiger partial charge in [-0.3, -0.25) is 0 Å². The van der Waals surface area contributed by atoms with Gasteiger partial charge in [0, 0.05) is 12.2 Å². The molecule has 2 aromatic carbocycles. The molecule has 0 aliphatic heterocycles. The smallest absolute Gasteiger partial charge is 0.338 e. The number of aryl methyl sites for hydroxylation is 1. The summed E-state index contributed by atoms with van der Waals surface area (Å²) in [6.45, 7) is 4.01. The molecule has 116 valence electrons. The normalized spacial score (nSPS) is 10.2. The zero-order chi connectivity index (χ0) is 15.6. The molecule has 2 rings (SSSR count). The topological polar surface area (TPSA) is 47.6 Å². The maximum absolute atomic E-state index is 11.7. The molecule has 4 nitrogen and oxygen atoms in total. The molecule has 4 heteroatoms. The van der Waals surface area contributed by atoms with E-state index in [2.05, 4.69) is 18.3 Å². The van der Waals surface area contributed by atoms with Crippen LogP contribution < -0.4 is 5.32 Å². The van der Waals surface area contributed by atoms with E-state index < -0.39 is 0 Å². The van der Waals surface area contributed by atoms with Crippen LogP contribution in [0.5, 0.6) is 0 Å². The average Bonchev–Trinajstić information content (AvgIpc) is 2.56. The van der Waals surface area contributed by atoms with E-state index in [1.54, 1.807) is 12.1 Å². The van der Waals surface area contributed by atoms with E-state index in [0.29, 0.717) is 18.8 Å². The number of rotatable bonds is 8. The molecule has 0 unspecified atom stereocenters. The lowest BCUT2D eigenvalue weighted by Crippen LogP contribution is -2.15. The first-order valence-electron chi connectivity index (χ1n) is 7.37. The Morgan fingerprint density at radius 2 is 1.68 bits per heavy atom. The van der Waals surface area contributed by atoms with Gasteiger partial charge in [0.05, 0.1) is 18.8 Å². The van der Waals surface area contributed by atoms with E-state index in [1.807, 2.05) is 36.4 Å². The summed E-state index contributed by atoms with van der Waals surface area (Å²) in [6, 6.07) is 17.1. The molecule has 1 N–H and O–H groups in total. The van der Waals surface area contributed by atoms with Crippen molar-refractivity contribution in [3.05, 3.63) is 65.7 Å². The van der Waals surface area contributed by atoms with E-state index in [1.165, 1.54) is 5.56 Å². The number of carbonyl (C=O) groups excluding carboxylic acids is 1. The number of anilines is 1. The van der Waals surface area contributed by atoms with Gasteiger partial charge in [-0.25, -0.2) is 4.79 Å². The number of para-hydroxylation sites is 1. The van der Waals surface area contributed by atoms with Gasteiger partial charge in [0.25, 0.3) is 0 Å². The number of benzene rings is 2. The zero-order valence-corrected chi connectivity index (χ0v) is 12.7. The summed E-state index contributed by atoms with van der Waals surface area (Å²) in [4.78, 5) is 11.7. The van der Waals surface area contributed by atoms with Crippen LogP contribution in [-0.4, -0.2) is 32.3 Å². The van der Waals surface area contributed by atoms with Crippen LogP contribution in [0.1, 0.15) is 15.9 Å². The zero-order valence-electron chi connectivity index (χ0n) is 12.7. The fourth-order valence-electron chi connectivity index (χ4n) is 1.98. The van der Waals surface area contributed by atoms with E-state index in [9.17, 15) is 4.79 Å². The van der Waals surface area contributed by atoms with Crippen LogP contribution >= 0.6 is 0 Å². The van der Waals surface area contributed by atoms with Gasteiger partial charge in [0.15, 0.2) is 0 Å². The minimum absolute atomic E-state index is 0.262.